The lowest BCUT2D eigenvalue weighted by Gasteiger charge is -2.11. The quantitative estimate of drug-likeness (QED) is 0.757. The molecule has 0 atom stereocenters. The number of aryl methyl sites for hydroxylation is 2. The molecule has 0 aliphatic rings. The molecule has 100 valence electrons. The second-order valence-corrected chi connectivity index (χ2v) is 4.57. The van der Waals surface area contributed by atoms with Gasteiger partial charge in [-0.2, -0.15) is 0 Å². The maximum Gasteiger partial charge on any atom is 0.175 e. The topological polar surface area (TPSA) is 9.23 Å². The smallest absolute Gasteiger partial charge is 0.175 e. The Labute approximate surface area is 109 Å². The summed E-state index contributed by atoms with van der Waals surface area (Å²) in [5, 5.41) is 0. The summed E-state index contributed by atoms with van der Waals surface area (Å²) in [6, 6.07) is 5.30. The van der Waals surface area contributed by atoms with Gasteiger partial charge in [-0.3, -0.25) is 4.94 Å². The van der Waals surface area contributed by atoms with E-state index in [1.54, 1.807) is 26.8 Å². The fourth-order valence-electron chi connectivity index (χ4n) is 2.08. The number of rotatable bonds is 2. The molecule has 0 fully saturated rings. The third-order valence-electron chi connectivity index (χ3n) is 3.24. The van der Waals surface area contributed by atoms with Crippen LogP contribution >= 0.6 is 0 Å². The molecule has 0 spiro atoms. The minimum absolute atomic E-state index is 0.206. The predicted octanol–water partition coefficient (Wildman–Crippen LogP) is 4.82. The van der Waals surface area contributed by atoms with E-state index in [2.05, 4.69) is 4.94 Å². The van der Waals surface area contributed by atoms with Crippen LogP contribution in [-0.4, -0.2) is 0 Å². The van der Waals surface area contributed by atoms with Gasteiger partial charge in [0.15, 0.2) is 5.75 Å². The average Bonchev–Trinajstić information content (AvgIpc) is 2.34. The summed E-state index contributed by atoms with van der Waals surface area (Å²) in [7, 11) is 0. The SMILES string of the molecule is Cc1cc(-c2c(C)cc(OF)cc2F)cc(F)c1C. The summed E-state index contributed by atoms with van der Waals surface area (Å²) >= 11 is 0. The Morgan fingerprint density at radius 2 is 1.53 bits per heavy atom. The third-order valence-corrected chi connectivity index (χ3v) is 3.24. The molecule has 0 aliphatic carbocycles. The van der Waals surface area contributed by atoms with E-state index in [9.17, 15) is 13.3 Å². The molecule has 19 heavy (non-hydrogen) atoms. The molecule has 2 aromatic carbocycles. The van der Waals surface area contributed by atoms with Gasteiger partial charge < -0.3 is 0 Å². The zero-order valence-corrected chi connectivity index (χ0v) is 10.9. The first-order valence-corrected chi connectivity index (χ1v) is 5.80. The highest BCUT2D eigenvalue weighted by molar-refractivity contribution is 5.70. The van der Waals surface area contributed by atoms with Gasteiger partial charge in [-0.1, -0.05) is 6.07 Å². The summed E-state index contributed by atoms with van der Waals surface area (Å²) < 4.78 is 39.8. The van der Waals surface area contributed by atoms with Gasteiger partial charge in [-0.25, -0.2) is 8.78 Å². The average molecular weight is 266 g/mol. The summed E-state index contributed by atoms with van der Waals surface area (Å²) in [5.41, 5.74) is 2.43. The minimum atomic E-state index is -0.643. The van der Waals surface area contributed by atoms with E-state index in [1.165, 1.54) is 12.1 Å². The highest BCUT2D eigenvalue weighted by Gasteiger charge is 2.14. The van der Waals surface area contributed by atoms with Crippen LogP contribution in [0, 0.1) is 32.4 Å². The van der Waals surface area contributed by atoms with Crippen LogP contribution in [-0.2, 0) is 0 Å². The molecular formula is C15H13F3O. The van der Waals surface area contributed by atoms with Crippen molar-refractivity contribution in [3.63, 3.8) is 0 Å². The summed E-state index contributed by atoms with van der Waals surface area (Å²) in [6.07, 6.45) is 0. The normalized spacial score (nSPS) is 10.6. The number of halogens is 3. The van der Waals surface area contributed by atoms with Crippen molar-refractivity contribution in [2.45, 2.75) is 20.8 Å². The van der Waals surface area contributed by atoms with E-state index in [0.717, 1.165) is 11.6 Å². The molecule has 0 heterocycles. The Bertz CT molecular complexity index is 589. The van der Waals surface area contributed by atoms with Gasteiger partial charge in [0.1, 0.15) is 11.6 Å². The Kier molecular flexibility index (Phi) is 3.51. The summed E-state index contributed by atoms with van der Waals surface area (Å²) in [6.45, 7) is 5.04. The first-order chi connectivity index (χ1) is 8.93. The third kappa shape index (κ3) is 2.43. The Morgan fingerprint density at radius 3 is 2.05 bits per heavy atom. The van der Waals surface area contributed by atoms with Gasteiger partial charge in [0.25, 0.3) is 0 Å². The molecule has 2 rings (SSSR count). The van der Waals surface area contributed by atoms with E-state index < -0.39 is 5.82 Å². The largest absolute Gasteiger partial charge is 0.294 e. The van der Waals surface area contributed by atoms with Gasteiger partial charge in [-0.15, -0.1) is 0 Å². The highest BCUT2D eigenvalue weighted by atomic mass is 19.3. The lowest BCUT2D eigenvalue weighted by Crippen LogP contribution is -1.95. The minimum Gasteiger partial charge on any atom is -0.294 e. The summed E-state index contributed by atoms with van der Waals surface area (Å²) in [4.78, 5) is 3.52. The van der Waals surface area contributed by atoms with Crippen LogP contribution in [0.5, 0.6) is 5.75 Å². The van der Waals surface area contributed by atoms with Crippen LogP contribution in [0.3, 0.4) is 0 Å². The highest BCUT2D eigenvalue weighted by Crippen LogP contribution is 2.32. The Morgan fingerprint density at radius 1 is 0.842 bits per heavy atom. The lowest BCUT2D eigenvalue weighted by atomic mass is 9.96. The van der Waals surface area contributed by atoms with Crippen LogP contribution in [0.15, 0.2) is 24.3 Å². The molecular weight excluding hydrogens is 253 g/mol. The molecule has 2 aromatic rings. The van der Waals surface area contributed by atoms with Crippen LogP contribution in [0.25, 0.3) is 11.1 Å². The van der Waals surface area contributed by atoms with E-state index in [4.69, 9.17) is 0 Å². The van der Waals surface area contributed by atoms with Gasteiger partial charge in [0, 0.05) is 16.2 Å². The first-order valence-electron chi connectivity index (χ1n) is 5.80. The molecule has 4 heteroatoms. The van der Waals surface area contributed by atoms with Crippen molar-refractivity contribution in [2.75, 3.05) is 0 Å². The van der Waals surface area contributed by atoms with E-state index >= 15 is 0 Å². The van der Waals surface area contributed by atoms with Crippen LogP contribution < -0.4 is 4.94 Å². The van der Waals surface area contributed by atoms with Crippen molar-refractivity contribution < 1.29 is 18.2 Å². The van der Waals surface area contributed by atoms with E-state index in [1.807, 2.05) is 0 Å². The van der Waals surface area contributed by atoms with Crippen molar-refractivity contribution in [1.82, 2.24) is 0 Å². The summed E-state index contributed by atoms with van der Waals surface area (Å²) in [5.74, 6) is -1.24. The second kappa shape index (κ2) is 4.96. The Hall–Kier alpha value is -1.97. The second-order valence-electron chi connectivity index (χ2n) is 4.57. The predicted molar refractivity (Wildman–Crippen MR) is 67.7 cm³/mol. The zero-order chi connectivity index (χ0) is 14.2. The molecule has 0 aromatic heterocycles. The van der Waals surface area contributed by atoms with Crippen molar-refractivity contribution in [1.29, 1.82) is 0 Å². The number of hydrogen-bond acceptors (Lipinski definition) is 1. The maximum absolute atomic E-state index is 14.0. The van der Waals surface area contributed by atoms with Gasteiger partial charge in [0.2, 0.25) is 0 Å². The first kappa shape index (κ1) is 13.5. The number of benzene rings is 2. The molecule has 0 N–H and O–H groups in total. The molecule has 0 aliphatic heterocycles. The van der Waals surface area contributed by atoms with Gasteiger partial charge in [-0.05, 0) is 55.2 Å². The molecule has 0 radical (unpaired) electrons. The van der Waals surface area contributed by atoms with Crippen LogP contribution in [0.2, 0.25) is 0 Å². The Balaban J connectivity index is 2.66. The molecule has 0 bridgehead atoms. The molecule has 0 saturated carbocycles. The van der Waals surface area contributed by atoms with Gasteiger partial charge in [0.05, 0.1) is 0 Å². The fourth-order valence-corrected chi connectivity index (χ4v) is 2.08. The fraction of sp³-hybridized carbons (Fsp3) is 0.200. The maximum atomic E-state index is 14.0. The van der Waals surface area contributed by atoms with Crippen LogP contribution in [0.1, 0.15) is 16.7 Å². The standard InChI is InChI=1S/C15H13F3O/c1-8-4-11(6-13(16)10(8)3)15-9(2)5-12(19-18)7-14(15)17/h4-7H,1-3H3. The molecule has 0 unspecified atom stereocenters. The van der Waals surface area contributed by atoms with Crippen molar-refractivity contribution >= 4 is 0 Å². The monoisotopic (exact) mass is 266 g/mol. The van der Waals surface area contributed by atoms with Crippen LogP contribution in [0.4, 0.5) is 13.3 Å². The number of hydrogen-bond donors (Lipinski definition) is 0. The zero-order valence-electron chi connectivity index (χ0n) is 10.9. The van der Waals surface area contributed by atoms with Gasteiger partial charge >= 0.3 is 0 Å². The van der Waals surface area contributed by atoms with Crippen molar-refractivity contribution in [3.8, 4) is 16.9 Å². The van der Waals surface area contributed by atoms with Crippen molar-refractivity contribution in [3.05, 3.63) is 52.6 Å². The van der Waals surface area contributed by atoms with Crippen molar-refractivity contribution in [2.24, 2.45) is 0 Å². The van der Waals surface area contributed by atoms with E-state index in [-0.39, 0.29) is 17.1 Å². The molecule has 1 nitrogen and oxygen atoms in total. The molecule has 0 saturated heterocycles. The molecule has 0 amide bonds. The van der Waals surface area contributed by atoms with E-state index in [0.29, 0.717) is 16.7 Å². The lowest BCUT2D eigenvalue weighted by molar-refractivity contribution is -0.00658.